The van der Waals surface area contributed by atoms with E-state index in [0.717, 1.165) is 6.07 Å². The lowest BCUT2D eigenvalue weighted by Gasteiger charge is -2.34. The average Bonchev–Trinajstić information content (AvgIpc) is 3.43. The van der Waals surface area contributed by atoms with Gasteiger partial charge in [0.05, 0.1) is 28.8 Å². The molecule has 1 fully saturated rings. The highest BCUT2D eigenvalue weighted by molar-refractivity contribution is 9.10. The van der Waals surface area contributed by atoms with Gasteiger partial charge in [-0.1, -0.05) is 0 Å². The Morgan fingerprint density at radius 3 is 2.71 bits per heavy atom. The van der Waals surface area contributed by atoms with Crippen molar-refractivity contribution in [1.82, 2.24) is 34.4 Å². The summed E-state index contributed by atoms with van der Waals surface area (Å²) in [5.74, 6) is -0.685. The third kappa shape index (κ3) is 4.57. The van der Waals surface area contributed by atoms with Gasteiger partial charge in [-0.05, 0) is 41.9 Å². The summed E-state index contributed by atoms with van der Waals surface area (Å²) in [6.07, 6.45) is 1.10. The van der Waals surface area contributed by atoms with Crippen LogP contribution in [0.2, 0.25) is 0 Å². The third-order valence-corrected chi connectivity index (χ3v) is 6.04. The number of ether oxygens (including phenoxy) is 1. The second-order valence-electron chi connectivity index (χ2n) is 8.28. The molecule has 1 aliphatic heterocycles. The molecular weight excluding hydrogens is 528 g/mol. The van der Waals surface area contributed by atoms with Crippen LogP contribution in [-0.2, 0) is 11.3 Å². The van der Waals surface area contributed by atoms with Gasteiger partial charge in [-0.15, -0.1) is 0 Å². The number of hydrogen-bond acceptors (Lipinski definition) is 8. The van der Waals surface area contributed by atoms with Crippen molar-refractivity contribution in [3.05, 3.63) is 40.3 Å². The van der Waals surface area contributed by atoms with E-state index in [2.05, 4.69) is 46.3 Å². The Kier molecular flexibility index (Phi) is 6.13. The van der Waals surface area contributed by atoms with Crippen molar-refractivity contribution >= 4 is 50.6 Å². The van der Waals surface area contributed by atoms with Gasteiger partial charge in [-0.3, -0.25) is 0 Å². The zero-order valence-corrected chi connectivity index (χ0v) is 20.5. The highest BCUT2D eigenvalue weighted by atomic mass is 79.9. The molecule has 4 heterocycles. The van der Waals surface area contributed by atoms with Crippen molar-refractivity contribution in [3.63, 3.8) is 0 Å². The number of anilines is 2. The third-order valence-electron chi connectivity index (χ3n) is 5.48. The molecule has 3 aromatic heterocycles. The molecule has 35 heavy (non-hydrogen) atoms. The number of aromatic nitrogens is 6. The van der Waals surface area contributed by atoms with Crippen LogP contribution in [0.4, 0.5) is 25.5 Å². The van der Waals surface area contributed by atoms with Crippen LogP contribution in [0.5, 0.6) is 0 Å². The minimum Gasteiger partial charge on any atom is -0.447 e. The summed E-state index contributed by atoms with van der Waals surface area (Å²) >= 11 is 3.46. The van der Waals surface area contributed by atoms with E-state index in [1.807, 2.05) is 18.7 Å². The Morgan fingerprint density at radius 2 is 1.97 bits per heavy atom. The van der Waals surface area contributed by atoms with Gasteiger partial charge in [0.2, 0.25) is 11.9 Å². The molecule has 5 rings (SSSR count). The fourth-order valence-corrected chi connectivity index (χ4v) is 4.12. The monoisotopic (exact) mass is 549 g/mol. The second-order valence-corrected chi connectivity index (χ2v) is 9.13. The van der Waals surface area contributed by atoms with E-state index in [1.165, 1.54) is 10.6 Å². The summed E-state index contributed by atoms with van der Waals surface area (Å²) in [5.41, 5.74) is 0.882. The molecule has 0 radical (unpaired) electrons. The fourth-order valence-electron chi connectivity index (χ4n) is 3.78. The number of piperazine rings is 1. The number of fused-ring (bicyclic) bond motifs is 2. The fraction of sp³-hybridized carbons (Fsp3) is 0.381. The molecule has 1 aliphatic rings. The standard InChI is InChI=1S/C21H22BrF2N9O2/c1-11(2)35-21(34)32-7-5-31(6-8-32)20-29-18-12(22)9-26-33(18)19(30-20)25-10-15-27-14-4-3-13(23)16(24)17(14)28-15/h3-4,9,11H,5-8,10H2,1-2H3,(H,27,28)(H,25,29,30). The van der Waals surface area contributed by atoms with Crippen molar-refractivity contribution in [2.75, 3.05) is 36.4 Å². The molecule has 0 atom stereocenters. The van der Waals surface area contributed by atoms with Gasteiger partial charge in [0.1, 0.15) is 11.3 Å². The predicted molar refractivity (Wildman–Crippen MR) is 127 cm³/mol. The SMILES string of the molecule is CC(C)OC(=O)N1CCN(c2nc(NCc3nc4c(F)c(F)ccc4[nH]3)n3ncc(Br)c3n2)CC1. The average molecular weight is 550 g/mol. The number of carbonyl (C=O) groups is 1. The second kappa shape index (κ2) is 9.24. The number of rotatable bonds is 5. The lowest BCUT2D eigenvalue weighted by atomic mass is 10.3. The zero-order chi connectivity index (χ0) is 24.7. The van der Waals surface area contributed by atoms with Gasteiger partial charge in [0.25, 0.3) is 0 Å². The maximum absolute atomic E-state index is 14.0. The van der Waals surface area contributed by atoms with E-state index in [0.29, 0.717) is 59.5 Å². The Hall–Kier alpha value is -3.55. The normalized spacial score (nSPS) is 14.3. The van der Waals surface area contributed by atoms with Gasteiger partial charge >= 0.3 is 6.09 Å². The van der Waals surface area contributed by atoms with Crippen molar-refractivity contribution < 1.29 is 18.3 Å². The number of benzene rings is 1. The van der Waals surface area contributed by atoms with Crippen LogP contribution in [0.25, 0.3) is 16.7 Å². The first-order valence-corrected chi connectivity index (χ1v) is 11.8. The van der Waals surface area contributed by atoms with E-state index in [1.54, 1.807) is 11.1 Å². The van der Waals surface area contributed by atoms with Crippen molar-refractivity contribution in [3.8, 4) is 0 Å². The van der Waals surface area contributed by atoms with Crippen LogP contribution >= 0.6 is 15.9 Å². The number of imidazole rings is 1. The van der Waals surface area contributed by atoms with Crippen LogP contribution in [-0.4, -0.2) is 72.8 Å². The Labute approximate surface area is 206 Å². The minimum absolute atomic E-state index is 0.0639. The van der Waals surface area contributed by atoms with Gasteiger partial charge in [-0.2, -0.15) is 19.6 Å². The number of aromatic amines is 1. The van der Waals surface area contributed by atoms with Crippen LogP contribution in [0.1, 0.15) is 19.7 Å². The molecule has 14 heteroatoms. The van der Waals surface area contributed by atoms with E-state index in [9.17, 15) is 13.6 Å². The maximum Gasteiger partial charge on any atom is 0.410 e. The summed E-state index contributed by atoms with van der Waals surface area (Å²) < 4.78 is 35.0. The molecule has 11 nitrogen and oxygen atoms in total. The first-order chi connectivity index (χ1) is 16.8. The largest absolute Gasteiger partial charge is 0.447 e. The molecule has 0 aliphatic carbocycles. The van der Waals surface area contributed by atoms with Gasteiger partial charge in [-0.25, -0.2) is 18.6 Å². The molecule has 0 unspecified atom stereocenters. The van der Waals surface area contributed by atoms with Crippen molar-refractivity contribution in [2.45, 2.75) is 26.5 Å². The number of H-pyrrole nitrogens is 1. The van der Waals surface area contributed by atoms with Crippen molar-refractivity contribution in [1.29, 1.82) is 0 Å². The number of carbonyl (C=O) groups excluding carboxylic acids is 1. The molecular formula is C21H22BrF2N9O2. The van der Waals surface area contributed by atoms with Gasteiger partial charge in [0.15, 0.2) is 17.3 Å². The summed E-state index contributed by atoms with van der Waals surface area (Å²) in [4.78, 5) is 32.2. The number of nitrogens with one attached hydrogen (secondary N) is 2. The van der Waals surface area contributed by atoms with Gasteiger partial charge < -0.3 is 24.8 Å². The van der Waals surface area contributed by atoms with Gasteiger partial charge in [0, 0.05) is 26.2 Å². The molecule has 0 spiro atoms. The van der Waals surface area contributed by atoms with Crippen LogP contribution in [0.3, 0.4) is 0 Å². The van der Waals surface area contributed by atoms with E-state index in [4.69, 9.17) is 4.74 Å². The number of halogens is 3. The lowest BCUT2D eigenvalue weighted by molar-refractivity contribution is 0.0750. The molecule has 1 saturated heterocycles. The molecule has 2 N–H and O–H groups in total. The maximum atomic E-state index is 14.0. The quantitative estimate of drug-likeness (QED) is 0.389. The first-order valence-electron chi connectivity index (χ1n) is 11.0. The number of nitrogens with zero attached hydrogens (tertiary/aromatic N) is 7. The van der Waals surface area contributed by atoms with Crippen LogP contribution in [0, 0.1) is 11.6 Å². The van der Waals surface area contributed by atoms with Crippen molar-refractivity contribution in [2.24, 2.45) is 0 Å². The van der Waals surface area contributed by atoms with E-state index >= 15 is 0 Å². The van der Waals surface area contributed by atoms with E-state index in [-0.39, 0.29) is 24.3 Å². The molecule has 184 valence electrons. The highest BCUT2D eigenvalue weighted by Crippen LogP contribution is 2.23. The topological polar surface area (TPSA) is 117 Å². The Balaban J connectivity index is 1.36. The minimum atomic E-state index is -0.996. The number of amides is 1. The first kappa shape index (κ1) is 23.2. The number of hydrogen-bond donors (Lipinski definition) is 2. The summed E-state index contributed by atoms with van der Waals surface area (Å²) in [6.45, 7) is 5.80. The highest BCUT2D eigenvalue weighted by Gasteiger charge is 2.25. The Morgan fingerprint density at radius 1 is 1.20 bits per heavy atom. The molecule has 1 aromatic carbocycles. The Bertz CT molecular complexity index is 1400. The summed E-state index contributed by atoms with van der Waals surface area (Å²) in [5, 5.41) is 7.45. The van der Waals surface area contributed by atoms with Crippen LogP contribution < -0.4 is 10.2 Å². The smallest absolute Gasteiger partial charge is 0.410 e. The lowest BCUT2D eigenvalue weighted by Crippen LogP contribution is -2.49. The molecule has 1 amide bonds. The molecule has 0 bridgehead atoms. The van der Waals surface area contributed by atoms with E-state index < -0.39 is 11.6 Å². The van der Waals surface area contributed by atoms with Crippen LogP contribution in [0.15, 0.2) is 22.8 Å². The zero-order valence-electron chi connectivity index (χ0n) is 18.9. The molecule has 4 aromatic rings. The summed E-state index contributed by atoms with van der Waals surface area (Å²) in [7, 11) is 0. The summed E-state index contributed by atoms with van der Waals surface area (Å²) in [6, 6.07) is 2.49. The predicted octanol–water partition coefficient (Wildman–Crippen LogP) is 3.32. The molecule has 0 saturated carbocycles.